The van der Waals surface area contributed by atoms with E-state index in [1.54, 1.807) is 6.92 Å². The molecule has 1 aromatic rings. The Morgan fingerprint density at radius 2 is 2.42 bits per heavy atom. The number of anilines is 2. The van der Waals surface area contributed by atoms with E-state index in [9.17, 15) is 0 Å². The summed E-state index contributed by atoms with van der Waals surface area (Å²) in [6.45, 7) is 2.06. The van der Waals surface area contributed by atoms with E-state index in [4.69, 9.17) is 10.8 Å². The number of hydrogen-bond donors (Lipinski definition) is 3. The van der Waals surface area contributed by atoms with Crippen LogP contribution in [0.3, 0.4) is 0 Å². The Kier molecular flexibility index (Phi) is 2.76. The molecular formula is C6H11N5O. The van der Waals surface area contributed by atoms with Crippen LogP contribution >= 0.6 is 0 Å². The Morgan fingerprint density at radius 1 is 1.67 bits per heavy atom. The maximum atomic E-state index is 8.92. The molecule has 0 saturated heterocycles. The van der Waals surface area contributed by atoms with Crippen LogP contribution in [-0.2, 0) is 0 Å². The molecule has 0 amide bonds. The Hall–Kier alpha value is -1.43. The highest BCUT2D eigenvalue weighted by molar-refractivity contribution is 5.28. The van der Waals surface area contributed by atoms with Gasteiger partial charge in [-0.1, -0.05) is 0 Å². The number of hydrogen-bond acceptors (Lipinski definition) is 6. The molecule has 0 aromatic carbocycles. The number of aliphatic hydroxyl groups is 1. The first kappa shape index (κ1) is 8.66. The molecule has 4 N–H and O–H groups in total. The fourth-order valence-electron chi connectivity index (χ4n) is 0.633. The first-order valence-electron chi connectivity index (χ1n) is 3.55. The Balaban J connectivity index is 2.52. The zero-order valence-electron chi connectivity index (χ0n) is 6.73. The van der Waals surface area contributed by atoms with Crippen molar-refractivity contribution in [3.05, 3.63) is 6.33 Å². The summed E-state index contributed by atoms with van der Waals surface area (Å²) in [5, 5.41) is 11.7. The average Bonchev–Trinajstić information content (AvgIpc) is 2.01. The van der Waals surface area contributed by atoms with E-state index >= 15 is 0 Å². The van der Waals surface area contributed by atoms with E-state index in [0.717, 1.165) is 0 Å². The number of nitrogens with two attached hydrogens (primary N) is 1. The van der Waals surface area contributed by atoms with Crippen LogP contribution in [0.25, 0.3) is 0 Å². The highest BCUT2D eigenvalue weighted by Crippen LogP contribution is 1.97. The zero-order valence-corrected chi connectivity index (χ0v) is 6.73. The largest absolute Gasteiger partial charge is 0.392 e. The van der Waals surface area contributed by atoms with Gasteiger partial charge in [0.15, 0.2) is 0 Å². The van der Waals surface area contributed by atoms with Gasteiger partial charge in [0.2, 0.25) is 11.9 Å². The molecule has 1 aromatic heterocycles. The predicted octanol–water partition coefficient (Wildman–Crippen LogP) is -0.754. The molecule has 1 rings (SSSR count). The SMILES string of the molecule is CC(O)CNc1ncnc(N)n1. The number of rotatable bonds is 3. The normalized spacial score (nSPS) is 12.5. The quantitative estimate of drug-likeness (QED) is 0.550. The Bertz CT molecular complexity index is 251. The van der Waals surface area contributed by atoms with Crippen molar-refractivity contribution in [3.8, 4) is 0 Å². The summed E-state index contributed by atoms with van der Waals surface area (Å²) in [5.74, 6) is 0.543. The summed E-state index contributed by atoms with van der Waals surface area (Å²) >= 11 is 0. The molecule has 0 aliphatic carbocycles. The first-order valence-corrected chi connectivity index (χ1v) is 3.55. The van der Waals surface area contributed by atoms with Gasteiger partial charge in [0.25, 0.3) is 0 Å². The molecule has 1 unspecified atom stereocenters. The summed E-state index contributed by atoms with van der Waals surface area (Å²) < 4.78 is 0. The van der Waals surface area contributed by atoms with Crippen molar-refractivity contribution in [1.82, 2.24) is 15.0 Å². The third-order valence-electron chi connectivity index (χ3n) is 1.15. The molecule has 6 nitrogen and oxygen atoms in total. The monoisotopic (exact) mass is 169 g/mol. The topological polar surface area (TPSA) is 97.0 Å². The lowest BCUT2D eigenvalue weighted by molar-refractivity contribution is 0.208. The maximum absolute atomic E-state index is 8.92. The van der Waals surface area contributed by atoms with Crippen LogP contribution in [0.4, 0.5) is 11.9 Å². The molecule has 0 saturated carbocycles. The molecule has 1 heterocycles. The highest BCUT2D eigenvalue weighted by atomic mass is 16.3. The fraction of sp³-hybridized carbons (Fsp3) is 0.500. The van der Waals surface area contributed by atoms with Gasteiger partial charge in [-0.15, -0.1) is 0 Å². The van der Waals surface area contributed by atoms with Gasteiger partial charge in [0.1, 0.15) is 6.33 Å². The molecule has 6 heteroatoms. The lowest BCUT2D eigenvalue weighted by atomic mass is 10.4. The minimum Gasteiger partial charge on any atom is -0.392 e. The lowest BCUT2D eigenvalue weighted by Gasteiger charge is -2.05. The van der Waals surface area contributed by atoms with Crippen LogP contribution in [0.5, 0.6) is 0 Å². The predicted molar refractivity (Wildman–Crippen MR) is 44.4 cm³/mol. The molecule has 0 radical (unpaired) electrons. The van der Waals surface area contributed by atoms with Gasteiger partial charge in [0, 0.05) is 6.54 Å². The van der Waals surface area contributed by atoms with Crippen LogP contribution in [0.15, 0.2) is 6.33 Å². The van der Waals surface area contributed by atoms with E-state index in [-0.39, 0.29) is 5.95 Å². The zero-order chi connectivity index (χ0) is 8.97. The summed E-state index contributed by atoms with van der Waals surface area (Å²) in [7, 11) is 0. The minimum atomic E-state index is -0.442. The van der Waals surface area contributed by atoms with Gasteiger partial charge in [0.05, 0.1) is 6.10 Å². The minimum absolute atomic E-state index is 0.165. The van der Waals surface area contributed by atoms with Crippen LogP contribution in [0.2, 0.25) is 0 Å². The molecule has 0 aliphatic rings. The van der Waals surface area contributed by atoms with Crippen LogP contribution < -0.4 is 11.1 Å². The summed E-state index contributed by atoms with van der Waals surface area (Å²) in [5.41, 5.74) is 5.30. The van der Waals surface area contributed by atoms with Crippen molar-refractivity contribution in [1.29, 1.82) is 0 Å². The standard InChI is InChI=1S/C6H11N5O/c1-4(12)2-8-6-10-3-9-5(7)11-6/h3-4,12H,2H2,1H3,(H3,7,8,9,10,11). The van der Waals surface area contributed by atoms with Crippen molar-refractivity contribution in [2.24, 2.45) is 0 Å². The number of nitrogens with one attached hydrogen (secondary N) is 1. The van der Waals surface area contributed by atoms with E-state index in [2.05, 4.69) is 20.3 Å². The molecule has 0 bridgehead atoms. The molecule has 0 fully saturated rings. The number of aliphatic hydroxyl groups excluding tert-OH is 1. The van der Waals surface area contributed by atoms with Crippen molar-refractivity contribution in [2.45, 2.75) is 13.0 Å². The molecule has 0 aliphatic heterocycles. The third kappa shape index (κ3) is 2.67. The third-order valence-corrected chi connectivity index (χ3v) is 1.15. The first-order chi connectivity index (χ1) is 5.68. The lowest BCUT2D eigenvalue weighted by Crippen LogP contribution is -2.17. The second-order valence-corrected chi connectivity index (χ2v) is 2.40. The molecular weight excluding hydrogens is 158 g/mol. The van der Waals surface area contributed by atoms with Crippen LogP contribution in [0.1, 0.15) is 6.92 Å². The summed E-state index contributed by atoms with van der Waals surface area (Å²) in [4.78, 5) is 11.2. The number of aromatic nitrogens is 3. The average molecular weight is 169 g/mol. The van der Waals surface area contributed by atoms with Gasteiger partial charge < -0.3 is 16.2 Å². The van der Waals surface area contributed by atoms with E-state index in [1.165, 1.54) is 6.33 Å². The smallest absolute Gasteiger partial charge is 0.227 e. The summed E-state index contributed by atoms with van der Waals surface area (Å²) in [6.07, 6.45) is 0.871. The van der Waals surface area contributed by atoms with Gasteiger partial charge in [-0.05, 0) is 6.92 Å². The molecule has 1 atom stereocenters. The van der Waals surface area contributed by atoms with E-state index < -0.39 is 6.10 Å². The molecule has 12 heavy (non-hydrogen) atoms. The van der Waals surface area contributed by atoms with Crippen molar-refractivity contribution < 1.29 is 5.11 Å². The Morgan fingerprint density at radius 3 is 3.00 bits per heavy atom. The second kappa shape index (κ2) is 3.82. The van der Waals surface area contributed by atoms with Gasteiger partial charge in [-0.2, -0.15) is 4.98 Å². The van der Waals surface area contributed by atoms with Crippen LogP contribution in [-0.4, -0.2) is 32.7 Å². The number of nitrogens with zero attached hydrogens (tertiary/aromatic N) is 3. The second-order valence-electron chi connectivity index (χ2n) is 2.40. The van der Waals surface area contributed by atoms with Gasteiger partial charge >= 0.3 is 0 Å². The number of nitrogen functional groups attached to an aromatic ring is 1. The fourth-order valence-corrected chi connectivity index (χ4v) is 0.633. The van der Waals surface area contributed by atoms with Crippen molar-refractivity contribution in [2.75, 3.05) is 17.6 Å². The van der Waals surface area contributed by atoms with Crippen LogP contribution in [0, 0.1) is 0 Å². The Labute approximate surface area is 69.9 Å². The highest BCUT2D eigenvalue weighted by Gasteiger charge is 1.98. The van der Waals surface area contributed by atoms with Crippen molar-refractivity contribution in [3.63, 3.8) is 0 Å². The van der Waals surface area contributed by atoms with E-state index in [0.29, 0.717) is 12.5 Å². The maximum Gasteiger partial charge on any atom is 0.227 e. The van der Waals surface area contributed by atoms with Crippen molar-refractivity contribution >= 4 is 11.9 Å². The molecule has 0 spiro atoms. The van der Waals surface area contributed by atoms with E-state index in [1.807, 2.05) is 0 Å². The van der Waals surface area contributed by atoms with Gasteiger partial charge in [-0.3, -0.25) is 0 Å². The molecule has 66 valence electrons. The van der Waals surface area contributed by atoms with Gasteiger partial charge in [-0.25, -0.2) is 9.97 Å². The summed E-state index contributed by atoms with van der Waals surface area (Å²) in [6, 6.07) is 0.